The summed E-state index contributed by atoms with van der Waals surface area (Å²) in [4.78, 5) is 123. The summed E-state index contributed by atoms with van der Waals surface area (Å²) in [5.74, 6) is -6.82. The number of benzene rings is 2. The lowest BCUT2D eigenvalue weighted by atomic mass is 9.81. The topological polar surface area (TPSA) is 254 Å². The Bertz CT molecular complexity index is 2150. The first-order chi connectivity index (χ1) is 35.6. The lowest BCUT2D eigenvalue weighted by Gasteiger charge is -2.28. The molecular formula is C56H70O19. The average Bonchev–Trinajstić information content (AvgIpc) is 3.40. The molecule has 0 bridgehead atoms. The van der Waals surface area contributed by atoms with Gasteiger partial charge in [0.05, 0.1) is 89.0 Å². The van der Waals surface area contributed by atoms with Gasteiger partial charge in [0.25, 0.3) is 0 Å². The van der Waals surface area contributed by atoms with Crippen LogP contribution in [-0.2, 0) is 93.9 Å². The number of esters is 10. The molecule has 4 rings (SSSR count). The molecule has 19 nitrogen and oxygen atoms in total. The van der Waals surface area contributed by atoms with Crippen LogP contribution < -0.4 is 9.47 Å². The number of carbonyl (C=O) groups is 10. The Kier molecular flexibility index (Phi) is 24.4. The predicted molar refractivity (Wildman–Crippen MR) is 266 cm³/mol. The molecule has 2 fully saturated rings. The van der Waals surface area contributed by atoms with Crippen molar-refractivity contribution in [1.82, 2.24) is 0 Å². The average molecular weight is 1050 g/mol. The number of hydrogen-bond donors (Lipinski definition) is 0. The molecule has 2 aromatic carbocycles. The van der Waals surface area contributed by atoms with E-state index in [1.165, 1.54) is 0 Å². The van der Waals surface area contributed by atoms with Crippen molar-refractivity contribution in [1.29, 1.82) is 0 Å². The fourth-order valence-electron chi connectivity index (χ4n) is 7.79. The van der Waals surface area contributed by atoms with Gasteiger partial charge in [-0.2, -0.15) is 0 Å². The van der Waals surface area contributed by atoms with Crippen molar-refractivity contribution >= 4 is 59.7 Å². The fraction of sp³-hybridized carbons (Fsp3) is 0.536. The van der Waals surface area contributed by atoms with Gasteiger partial charge in [-0.15, -0.1) is 0 Å². The Morgan fingerprint density at radius 3 is 1.01 bits per heavy atom. The molecule has 2 aliphatic rings. The van der Waals surface area contributed by atoms with Crippen molar-refractivity contribution in [3.8, 4) is 11.5 Å². The Morgan fingerprint density at radius 2 is 0.707 bits per heavy atom. The minimum absolute atomic E-state index is 0.00221. The predicted octanol–water partition coefficient (Wildman–Crippen LogP) is 7.21. The lowest BCUT2D eigenvalue weighted by Crippen LogP contribution is -2.33. The number of hydrogen-bond acceptors (Lipinski definition) is 19. The highest BCUT2D eigenvalue weighted by atomic mass is 16.6. The second-order valence-corrected chi connectivity index (χ2v) is 20.2. The molecule has 0 spiro atoms. The van der Waals surface area contributed by atoms with E-state index in [2.05, 4.69) is 13.2 Å². The molecule has 0 aromatic heterocycles. The maximum atomic E-state index is 13.0. The maximum Gasteiger partial charge on any atom is 0.330 e. The molecule has 0 atom stereocenters. The van der Waals surface area contributed by atoms with E-state index in [0.717, 1.165) is 23.3 Å². The molecule has 0 radical (unpaired) electrons. The molecule has 0 unspecified atom stereocenters. The van der Waals surface area contributed by atoms with Crippen LogP contribution in [-0.4, -0.2) is 99.3 Å². The molecule has 2 saturated carbocycles. The van der Waals surface area contributed by atoms with Gasteiger partial charge in [0.2, 0.25) is 0 Å². The van der Waals surface area contributed by atoms with E-state index in [1.807, 2.05) is 0 Å². The zero-order valence-electron chi connectivity index (χ0n) is 43.4. The van der Waals surface area contributed by atoms with Crippen LogP contribution in [0.2, 0.25) is 0 Å². The summed E-state index contributed by atoms with van der Waals surface area (Å²) in [6.45, 7) is 13.9. The van der Waals surface area contributed by atoms with Gasteiger partial charge in [0.1, 0.15) is 11.5 Å². The van der Waals surface area contributed by atoms with Crippen molar-refractivity contribution in [2.24, 2.45) is 34.5 Å². The van der Waals surface area contributed by atoms with Crippen LogP contribution in [0.4, 0.5) is 0 Å². The van der Waals surface area contributed by atoms with Crippen molar-refractivity contribution in [2.45, 2.75) is 118 Å². The van der Waals surface area contributed by atoms with Crippen LogP contribution in [0.5, 0.6) is 11.5 Å². The van der Waals surface area contributed by atoms with Crippen LogP contribution in [0.25, 0.3) is 0 Å². The Morgan fingerprint density at radius 1 is 0.427 bits per heavy atom. The molecule has 408 valence electrons. The van der Waals surface area contributed by atoms with E-state index in [9.17, 15) is 47.9 Å². The van der Waals surface area contributed by atoms with Crippen molar-refractivity contribution in [2.75, 3.05) is 39.6 Å². The summed E-state index contributed by atoms with van der Waals surface area (Å²) >= 11 is 0. The van der Waals surface area contributed by atoms with Gasteiger partial charge in [-0.25, -0.2) is 9.59 Å². The first kappa shape index (κ1) is 60.4. The molecule has 2 aliphatic carbocycles. The van der Waals surface area contributed by atoms with Gasteiger partial charge in [0.15, 0.2) is 0 Å². The molecule has 75 heavy (non-hydrogen) atoms. The fourth-order valence-corrected chi connectivity index (χ4v) is 7.79. The normalized spacial score (nSPS) is 17.4. The highest BCUT2D eigenvalue weighted by Crippen LogP contribution is 2.34. The highest BCUT2D eigenvalue weighted by molar-refractivity contribution is 5.88. The van der Waals surface area contributed by atoms with Crippen LogP contribution >= 0.6 is 0 Å². The van der Waals surface area contributed by atoms with E-state index in [0.29, 0.717) is 75.7 Å². The first-order valence-electron chi connectivity index (χ1n) is 25.2. The largest absolute Gasteiger partial charge is 0.465 e. The van der Waals surface area contributed by atoms with E-state index in [1.54, 1.807) is 76.2 Å². The third-order valence-electron chi connectivity index (χ3n) is 12.4. The van der Waals surface area contributed by atoms with Crippen LogP contribution in [0, 0.1) is 34.5 Å². The van der Waals surface area contributed by atoms with E-state index >= 15 is 0 Å². The summed E-state index contributed by atoms with van der Waals surface area (Å²) in [7, 11) is 0. The zero-order chi connectivity index (χ0) is 55.0. The highest BCUT2D eigenvalue weighted by Gasteiger charge is 2.36. The molecule has 2 aromatic rings. The van der Waals surface area contributed by atoms with Crippen molar-refractivity contribution in [3.63, 3.8) is 0 Å². The Hall–Kier alpha value is -7.18. The summed E-state index contributed by atoms with van der Waals surface area (Å²) in [6, 6.07) is 13.5. The molecule has 0 aliphatic heterocycles. The van der Waals surface area contributed by atoms with Gasteiger partial charge < -0.3 is 42.6 Å². The van der Waals surface area contributed by atoms with E-state index < -0.39 is 94.2 Å². The van der Waals surface area contributed by atoms with Gasteiger partial charge >= 0.3 is 59.7 Å². The lowest BCUT2D eigenvalue weighted by molar-refractivity contribution is -0.168. The molecule has 0 heterocycles. The molecular weight excluding hydrogens is 977 g/mol. The summed E-state index contributed by atoms with van der Waals surface area (Å²) in [5, 5.41) is 0. The second kappa shape index (κ2) is 30.3. The molecule has 0 N–H and O–H groups in total. The van der Waals surface area contributed by atoms with Crippen molar-refractivity contribution in [3.05, 3.63) is 85.0 Å². The van der Waals surface area contributed by atoms with Crippen molar-refractivity contribution < 1.29 is 90.6 Å². The first-order valence-corrected chi connectivity index (χ1v) is 25.2. The van der Waals surface area contributed by atoms with E-state index in [-0.39, 0.29) is 65.3 Å². The van der Waals surface area contributed by atoms with Gasteiger partial charge in [0, 0.05) is 35.8 Å². The molecule has 19 heteroatoms. The molecule has 0 amide bonds. The summed E-state index contributed by atoms with van der Waals surface area (Å²) < 4.78 is 47.4. The van der Waals surface area contributed by atoms with Gasteiger partial charge in [-0.05, 0) is 86.8 Å². The van der Waals surface area contributed by atoms with E-state index in [4.69, 9.17) is 42.6 Å². The number of carbonyl (C=O) groups excluding carboxylic acids is 10. The summed E-state index contributed by atoms with van der Waals surface area (Å²) in [6.07, 6.45) is 5.15. The number of ether oxygens (including phenoxy) is 9. The minimum atomic E-state index is -0.624. The second-order valence-electron chi connectivity index (χ2n) is 20.2. The van der Waals surface area contributed by atoms with Gasteiger partial charge in [-0.1, -0.05) is 65.1 Å². The third-order valence-corrected chi connectivity index (χ3v) is 12.4. The maximum absolute atomic E-state index is 13.0. The smallest absolute Gasteiger partial charge is 0.330 e. The van der Waals surface area contributed by atoms with Crippen LogP contribution in [0.15, 0.2) is 73.8 Å². The van der Waals surface area contributed by atoms with Gasteiger partial charge in [-0.3, -0.25) is 38.4 Å². The molecule has 0 saturated heterocycles. The SMILES string of the molecule is C=CC(=O)OCC(C)(C)COC(=O)CCC(=O)OCCc1ccc(OC(=O)C2CCC(C(=O)OC(=O)C3CCC(C(=O)Oc4ccc(CCOC(=O)CCC(=O)OCC(C)(C)COC(=O)C=C)cc4)CC3)CC2)cc1. The van der Waals surface area contributed by atoms with Crippen LogP contribution in [0.3, 0.4) is 0 Å². The summed E-state index contributed by atoms with van der Waals surface area (Å²) in [5.41, 5.74) is 0.411. The third kappa shape index (κ3) is 22.9. The van der Waals surface area contributed by atoms with Crippen LogP contribution in [0.1, 0.15) is 116 Å². The zero-order valence-corrected chi connectivity index (χ0v) is 43.4. The number of rotatable bonds is 28. The Labute approximate surface area is 437 Å². The quantitative estimate of drug-likeness (QED) is 0.0268. The standard InChI is InChI=1S/C56H70O19/c1-7-45(57)69-33-55(3,4)35-71-49(61)27-25-47(59)67-31-29-37-9-21-43(22-10-37)73-51(63)39-13-17-41(18-14-39)53(65)75-54(66)42-19-15-40(16-20-42)52(64)74-44-23-11-38(12-24-44)30-32-68-48(60)26-28-50(62)72-36-56(5,6)34-70-46(58)8-2/h7-12,21-24,39-42H,1-2,13-20,25-36H2,3-6H3. The monoisotopic (exact) mass is 1050 g/mol. The Balaban J connectivity index is 1.04. The minimum Gasteiger partial charge on any atom is -0.465 e.